The molecule has 0 spiro atoms. The lowest BCUT2D eigenvalue weighted by molar-refractivity contribution is 0.114. The first-order valence-corrected chi connectivity index (χ1v) is 7.49. The van der Waals surface area contributed by atoms with Gasteiger partial charge in [-0.05, 0) is 43.3 Å². The van der Waals surface area contributed by atoms with Crippen LogP contribution in [0.25, 0.3) is 0 Å². The predicted octanol–water partition coefficient (Wildman–Crippen LogP) is 2.57. The number of thiocarbonyl (C=S) groups is 1. The number of nitrogens with zero attached hydrogens (tertiary/aromatic N) is 1. The van der Waals surface area contributed by atoms with Crippen molar-refractivity contribution in [2.75, 3.05) is 13.2 Å². The van der Waals surface area contributed by atoms with Gasteiger partial charge in [-0.25, -0.2) is 4.39 Å². The molecule has 108 valence electrons. The van der Waals surface area contributed by atoms with Crippen LogP contribution in [0, 0.1) is 5.82 Å². The lowest BCUT2D eigenvalue weighted by Crippen LogP contribution is -2.37. The largest absolute Gasteiger partial charge is 0.376 e. The van der Waals surface area contributed by atoms with Crippen molar-refractivity contribution < 1.29 is 9.13 Å². The molecule has 2 N–H and O–H groups in total. The van der Waals surface area contributed by atoms with Crippen molar-refractivity contribution in [3.05, 3.63) is 34.1 Å². The number of hydrogen-bond donors (Lipinski definition) is 2. The first kappa shape index (κ1) is 15.3. The molecular formula is C13H15BrFN3OS. The van der Waals surface area contributed by atoms with Crippen LogP contribution in [0.15, 0.2) is 27.8 Å². The molecule has 0 radical (unpaired) electrons. The average molecular weight is 360 g/mol. The van der Waals surface area contributed by atoms with Gasteiger partial charge in [-0.1, -0.05) is 15.9 Å². The number of benzene rings is 1. The van der Waals surface area contributed by atoms with E-state index in [4.69, 9.17) is 17.0 Å². The van der Waals surface area contributed by atoms with Crippen LogP contribution in [0.3, 0.4) is 0 Å². The summed E-state index contributed by atoms with van der Waals surface area (Å²) in [6.45, 7) is 1.47. The SMILES string of the molecule is Fc1cc(Br)ccc1/C=N\NC(=S)NC[C@@H]1CCCO1. The molecular weight excluding hydrogens is 345 g/mol. The maximum atomic E-state index is 13.5. The van der Waals surface area contributed by atoms with Crippen LogP contribution < -0.4 is 10.7 Å². The minimum absolute atomic E-state index is 0.211. The van der Waals surface area contributed by atoms with Gasteiger partial charge in [0.15, 0.2) is 5.11 Å². The van der Waals surface area contributed by atoms with Crippen LogP contribution in [0.2, 0.25) is 0 Å². The molecule has 1 aliphatic rings. The van der Waals surface area contributed by atoms with Gasteiger partial charge in [-0.15, -0.1) is 0 Å². The average Bonchev–Trinajstić information content (AvgIpc) is 2.92. The summed E-state index contributed by atoms with van der Waals surface area (Å²) in [6.07, 6.45) is 3.74. The number of rotatable bonds is 4. The first-order valence-electron chi connectivity index (χ1n) is 6.29. The van der Waals surface area contributed by atoms with E-state index in [1.54, 1.807) is 12.1 Å². The Labute approximate surface area is 130 Å². The maximum absolute atomic E-state index is 13.5. The minimum atomic E-state index is -0.344. The molecule has 7 heteroatoms. The van der Waals surface area contributed by atoms with Gasteiger partial charge in [0.25, 0.3) is 0 Å². The number of nitrogens with one attached hydrogen (secondary N) is 2. The summed E-state index contributed by atoms with van der Waals surface area (Å²) in [6, 6.07) is 4.77. The highest BCUT2D eigenvalue weighted by molar-refractivity contribution is 9.10. The molecule has 1 fully saturated rings. The van der Waals surface area contributed by atoms with Crippen LogP contribution >= 0.6 is 28.1 Å². The normalized spacial score (nSPS) is 18.4. The second-order valence-electron chi connectivity index (χ2n) is 4.38. The van der Waals surface area contributed by atoms with Crippen LogP contribution in [0.5, 0.6) is 0 Å². The summed E-state index contributed by atoms with van der Waals surface area (Å²) in [5, 5.41) is 7.31. The zero-order chi connectivity index (χ0) is 14.4. The van der Waals surface area contributed by atoms with Gasteiger partial charge in [-0.3, -0.25) is 5.43 Å². The van der Waals surface area contributed by atoms with E-state index < -0.39 is 0 Å². The third kappa shape index (κ3) is 4.81. The molecule has 1 atom stereocenters. The lowest BCUT2D eigenvalue weighted by atomic mass is 10.2. The fourth-order valence-corrected chi connectivity index (χ4v) is 2.29. The number of ether oxygens (including phenoxy) is 1. The van der Waals surface area contributed by atoms with E-state index in [0.29, 0.717) is 21.7 Å². The van der Waals surface area contributed by atoms with Crippen molar-refractivity contribution in [2.45, 2.75) is 18.9 Å². The molecule has 20 heavy (non-hydrogen) atoms. The van der Waals surface area contributed by atoms with E-state index in [0.717, 1.165) is 19.4 Å². The number of hydrazone groups is 1. The second kappa shape index (κ2) is 7.66. The Morgan fingerprint density at radius 1 is 1.60 bits per heavy atom. The third-order valence-electron chi connectivity index (χ3n) is 2.85. The highest BCUT2D eigenvalue weighted by atomic mass is 79.9. The number of halogens is 2. The van der Waals surface area contributed by atoms with E-state index in [1.165, 1.54) is 12.3 Å². The van der Waals surface area contributed by atoms with E-state index in [2.05, 4.69) is 31.8 Å². The van der Waals surface area contributed by atoms with E-state index >= 15 is 0 Å². The van der Waals surface area contributed by atoms with Crippen molar-refractivity contribution >= 4 is 39.5 Å². The Hall–Kier alpha value is -1.05. The molecule has 1 aromatic rings. The van der Waals surface area contributed by atoms with Crippen molar-refractivity contribution in [1.82, 2.24) is 10.7 Å². The molecule has 1 saturated heterocycles. The highest BCUT2D eigenvalue weighted by Gasteiger charge is 2.14. The Balaban J connectivity index is 1.75. The molecule has 0 bridgehead atoms. The summed E-state index contributed by atoms with van der Waals surface area (Å²) in [4.78, 5) is 0. The standard InChI is InChI=1S/C13H15BrFN3OS/c14-10-4-3-9(12(15)6-10)7-17-18-13(20)16-8-11-2-1-5-19-11/h3-4,6-7,11H,1-2,5,8H2,(H2,16,18,20)/b17-7-/t11-/m0/s1. The molecule has 0 aromatic heterocycles. The smallest absolute Gasteiger partial charge is 0.187 e. The minimum Gasteiger partial charge on any atom is -0.376 e. The number of hydrogen-bond acceptors (Lipinski definition) is 3. The summed E-state index contributed by atoms with van der Waals surface area (Å²) >= 11 is 8.26. The van der Waals surface area contributed by atoms with Crippen LogP contribution in [0.4, 0.5) is 4.39 Å². The highest BCUT2D eigenvalue weighted by Crippen LogP contribution is 2.13. The Bertz CT molecular complexity index is 506. The summed E-state index contributed by atoms with van der Waals surface area (Å²) in [5.41, 5.74) is 3.04. The van der Waals surface area contributed by atoms with Crippen molar-refractivity contribution in [3.8, 4) is 0 Å². The fraction of sp³-hybridized carbons (Fsp3) is 0.385. The van der Waals surface area contributed by atoms with Crippen molar-refractivity contribution in [3.63, 3.8) is 0 Å². The van der Waals surface area contributed by atoms with Gasteiger partial charge in [0.2, 0.25) is 0 Å². The quantitative estimate of drug-likeness (QED) is 0.492. The second-order valence-corrected chi connectivity index (χ2v) is 5.70. The molecule has 1 heterocycles. The van der Waals surface area contributed by atoms with Crippen LogP contribution in [-0.2, 0) is 4.74 Å². The Kier molecular flexibility index (Phi) is 5.87. The molecule has 1 aliphatic heterocycles. The first-order chi connectivity index (χ1) is 9.65. The van der Waals surface area contributed by atoms with E-state index in [-0.39, 0.29) is 11.9 Å². The fourth-order valence-electron chi connectivity index (χ4n) is 1.82. The monoisotopic (exact) mass is 359 g/mol. The maximum Gasteiger partial charge on any atom is 0.187 e. The summed E-state index contributed by atoms with van der Waals surface area (Å²) in [5.74, 6) is -0.344. The summed E-state index contributed by atoms with van der Waals surface area (Å²) in [7, 11) is 0. The third-order valence-corrected chi connectivity index (χ3v) is 3.58. The van der Waals surface area contributed by atoms with Gasteiger partial charge < -0.3 is 10.1 Å². The zero-order valence-electron chi connectivity index (χ0n) is 10.7. The molecule has 0 unspecified atom stereocenters. The van der Waals surface area contributed by atoms with Crippen LogP contribution in [0.1, 0.15) is 18.4 Å². The summed E-state index contributed by atoms with van der Waals surface area (Å²) < 4.78 is 19.7. The zero-order valence-corrected chi connectivity index (χ0v) is 13.1. The Morgan fingerprint density at radius 3 is 3.15 bits per heavy atom. The van der Waals surface area contributed by atoms with Crippen molar-refractivity contribution in [1.29, 1.82) is 0 Å². The topological polar surface area (TPSA) is 45.7 Å². The van der Waals surface area contributed by atoms with Crippen LogP contribution in [-0.4, -0.2) is 30.6 Å². The molecule has 0 saturated carbocycles. The predicted molar refractivity (Wildman–Crippen MR) is 84.4 cm³/mol. The molecule has 0 aliphatic carbocycles. The van der Waals surface area contributed by atoms with Gasteiger partial charge in [0, 0.05) is 23.2 Å². The molecule has 2 rings (SSSR count). The molecule has 1 aromatic carbocycles. The van der Waals surface area contributed by atoms with E-state index in [9.17, 15) is 4.39 Å². The molecule has 4 nitrogen and oxygen atoms in total. The van der Waals surface area contributed by atoms with Gasteiger partial charge >= 0.3 is 0 Å². The van der Waals surface area contributed by atoms with Gasteiger partial charge in [-0.2, -0.15) is 5.10 Å². The Morgan fingerprint density at radius 2 is 2.45 bits per heavy atom. The van der Waals surface area contributed by atoms with Gasteiger partial charge in [0.05, 0.1) is 12.3 Å². The van der Waals surface area contributed by atoms with Crippen molar-refractivity contribution in [2.24, 2.45) is 5.10 Å². The lowest BCUT2D eigenvalue weighted by Gasteiger charge is -2.11. The molecule has 0 amide bonds. The van der Waals surface area contributed by atoms with Gasteiger partial charge in [0.1, 0.15) is 5.82 Å². The van der Waals surface area contributed by atoms with E-state index in [1.807, 2.05) is 0 Å².